The van der Waals surface area contributed by atoms with Crippen LogP contribution in [0.3, 0.4) is 0 Å². The lowest BCUT2D eigenvalue weighted by Gasteiger charge is -2.19. The summed E-state index contributed by atoms with van der Waals surface area (Å²) in [5.74, 6) is 4.75. The van der Waals surface area contributed by atoms with Crippen LogP contribution in [0.4, 0.5) is 0 Å². The van der Waals surface area contributed by atoms with Crippen molar-refractivity contribution in [2.75, 3.05) is 11.5 Å². The first-order valence-electron chi connectivity index (χ1n) is 6.07. The van der Waals surface area contributed by atoms with Gasteiger partial charge in [-0.15, -0.1) is 0 Å². The first-order chi connectivity index (χ1) is 7.43. The maximum absolute atomic E-state index is 4.83. The highest BCUT2D eigenvalue weighted by Crippen LogP contribution is 2.31. The average Bonchev–Trinajstić information content (AvgIpc) is 2.74. The van der Waals surface area contributed by atoms with Crippen molar-refractivity contribution in [1.82, 2.24) is 9.55 Å². The van der Waals surface area contributed by atoms with Gasteiger partial charge in [-0.2, -0.15) is 11.8 Å². The van der Waals surface area contributed by atoms with Crippen molar-refractivity contribution in [2.24, 2.45) is 0 Å². The molecule has 0 aromatic carbocycles. The number of hydrogen-bond donors (Lipinski definition) is 0. The molecule has 0 radical (unpaired) electrons. The molecule has 3 heterocycles. The van der Waals surface area contributed by atoms with E-state index in [0.29, 0.717) is 0 Å². The second-order valence-corrected chi connectivity index (χ2v) is 5.84. The minimum Gasteiger partial charge on any atom is -0.335 e. The van der Waals surface area contributed by atoms with Crippen LogP contribution < -0.4 is 0 Å². The monoisotopic (exact) mass is 222 g/mol. The van der Waals surface area contributed by atoms with Crippen LogP contribution in [0.2, 0.25) is 0 Å². The number of aryl methyl sites for hydroxylation is 2. The highest BCUT2D eigenvalue weighted by Gasteiger charge is 2.20. The van der Waals surface area contributed by atoms with Gasteiger partial charge in [0.1, 0.15) is 5.82 Å². The molecule has 1 aromatic rings. The molecule has 0 bridgehead atoms. The van der Waals surface area contributed by atoms with Crippen molar-refractivity contribution in [3.63, 3.8) is 0 Å². The molecule has 0 atom stereocenters. The number of nitrogens with zero attached hydrogens (tertiary/aromatic N) is 2. The summed E-state index contributed by atoms with van der Waals surface area (Å²) in [5, 5.41) is 0. The standard InChI is InChI=1S/C12H18N2S/c1-2-6-14-9-11(13-12(14)3-1)10-4-7-15-8-5-10/h9-10H,1-8H2. The third kappa shape index (κ3) is 1.94. The minimum absolute atomic E-state index is 0.754. The van der Waals surface area contributed by atoms with Crippen molar-refractivity contribution in [1.29, 1.82) is 0 Å². The van der Waals surface area contributed by atoms with E-state index in [1.807, 2.05) is 0 Å². The van der Waals surface area contributed by atoms with Gasteiger partial charge in [-0.1, -0.05) is 0 Å². The minimum atomic E-state index is 0.754. The molecular weight excluding hydrogens is 204 g/mol. The molecule has 0 N–H and O–H groups in total. The highest BCUT2D eigenvalue weighted by atomic mass is 32.2. The second-order valence-electron chi connectivity index (χ2n) is 4.62. The molecule has 0 aliphatic carbocycles. The Kier molecular flexibility index (Phi) is 2.74. The Morgan fingerprint density at radius 1 is 1.27 bits per heavy atom. The molecule has 2 aliphatic heterocycles. The van der Waals surface area contributed by atoms with Gasteiger partial charge in [-0.05, 0) is 37.2 Å². The zero-order valence-electron chi connectivity index (χ0n) is 9.11. The van der Waals surface area contributed by atoms with Crippen molar-refractivity contribution < 1.29 is 0 Å². The van der Waals surface area contributed by atoms with Gasteiger partial charge >= 0.3 is 0 Å². The van der Waals surface area contributed by atoms with Crippen LogP contribution >= 0.6 is 11.8 Å². The molecule has 1 aromatic heterocycles. The largest absolute Gasteiger partial charge is 0.335 e. The van der Waals surface area contributed by atoms with Gasteiger partial charge in [0.05, 0.1) is 5.69 Å². The number of fused-ring (bicyclic) bond motifs is 1. The van der Waals surface area contributed by atoms with Crippen molar-refractivity contribution in [3.05, 3.63) is 17.7 Å². The Morgan fingerprint density at radius 3 is 2.93 bits per heavy atom. The summed E-state index contributed by atoms with van der Waals surface area (Å²) in [5.41, 5.74) is 1.38. The first-order valence-corrected chi connectivity index (χ1v) is 7.22. The first kappa shape index (κ1) is 9.76. The van der Waals surface area contributed by atoms with Crippen LogP contribution in [0, 0.1) is 0 Å². The molecule has 3 heteroatoms. The van der Waals surface area contributed by atoms with E-state index in [-0.39, 0.29) is 0 Å². The maximum Gasteiger partial charge on any atom is 0.108 e. The Hall–Kier alpha value is -0.440. The zero-order chi connectivity index (χ0) is 10.1. The lowest BCUT2D eigenvalue weighted by molar-refractivity contribution is 0.522. The van der Waals surface area contributed by atoms with E-state index in [1.54, 1.807) is 0 Å². The third-order valence-electron chi connectivity index (χ3n) is 3.57. The Labute approximate surface area is 95.5 Å². The van der Waals surface area contributed by atoms with Gasteiger partial charge in [-0.3, -0.25) is 0 Å². The summed E-state index contributed by atoms with van der Waals surface area (Å²) < 4.78 is 2.39. The molecule has 1 saturated heterocycles. The zero-order valence-corrected chi connectivity index (χ0v) is 9.93. The SMILES string of the molecule is c1c(C2CCSCC2)nc2n1CCCC2. The van der Waals surface area contributed by atoms with E-state index in [9.17, 15) is 0 Å². The summed E-state index contributed by atoms with van der Waals surface area (Å²) >= 11 is 2.09. The summed E-state index contributed by atoms with van der Waals surface area (Å²) in [7, 11) is 0. The van der Waals surface area contributed by atoms with Crippen molar-refractivity contribution in [2.45, 2.75) is 44.6 Å². The van der Waals surface area contributed by atoms with Gasteiger partial charge in [0, 0.05) is 25.1 Å². The molecule has 2 aliphatic rings. The molecule has 0 spiro atoms. The average molecular weight is 222 g/mol. The molecule has 0 saturated carbocycles. The molecule has 3 rings (SSSR count). The van der Waals surface area contributed by atoms with Crippen LogP contribution in [0.1, 0.15) is 43.1 Å². The van der Waals surface area contributed by atoms with Crippen molar-refractivity contribution >= 4 is 11.8 Å². The Balaban J connectivity index is 1.82. The topological polar surface area (TPSA) is 17.8 Å². The van der Waals surface area contributed by atoms with Crippen LogP contribution in [0.15, 0.2) is 6.20 Å². The van der Waals surface area contributed by atoms with Gasteiger partial charge in [-0.25, -0.2) is 4.98 Å². The van der Waals surface area contributed by atoms with Crippen LogP contribution in [0.25, 0.3) is 0 Å². The summed E-state index contributed by atoms with van der Waals surface area (Å²) in [6.45, 7) is 1.20. The van der Waals surface area contributed by atoms with E-state index in [2.05, 4.69) is 22.5 Å². The van der Waals surface area contributed by atoms with Gasteiger partial charge in [0.15, 0.2) is 0 Å². The molecule has 0 unspecified atom stereocenters. The van der Waals surface area contributed by atoms with E-state index >= 15 is 0 Å². The Morgan fingerprint density at radius 2 is 2.13 bits per heavy atom. The fourth-order valence-electron chi connectivity index (χ4n) is 2.62. The van der Waals surface area contributed by atoms with Crippen LogP contribution in [-0.4, -0.2) is 21.1 Å². The van der Waals surface area contributed by atoms with Gasteiger partial charge in [0.25, 0.3) is 0 Å². The smallest absolute Gasteiger partial charge is 0.108 e. The molecule has 0 amide bonds. The highest BCUT2D eigenvalue weighted by molar-refractivity contribution is 7.99. The normalized spacial score (nSPS) is 22.7. The molecular formula is C12H18N2S. The molecule has 2 nitrogen and oxygen atoms in total. The fraction of sp³-hybridized carbons (Fsp3) is 0.750. The molecule has 1 fully saturated rings. The summed E-state index contributed by atoms with van der Waals surface area (Å²) in [6.07, 6.45) is 8.86. The molecule has 82 valence electrons. The van der Waals surface area contributed by atoms with E-state index in [1.165, 1.54) is 61.7 Å². The predicted molar refractivity (Wildman–Crippen MR) is 64.5 cm³/mol. The van der Waals surface area contributed by atoms with E-state index in [0.717, 1.165) is 5.92 Å². The van der Waals surface area contributed by atoms with E-state index in [4.69, 9.17) is 4.98 Å². The van der Waals surface area contributed by atoms with Gasteiger partial charge in [0.2, 0.25) is 0 Å². The molecule has 15 heavy (non-hydrogen) atoms. The number of aromatic nitrogens is 2. The summed E-state index contributed by atoms with van der Waals surface area (Å²) in [6, 6.07) is 0. The van der Waals surface area contributed by atoms with Gasteiger partial charge < -0.3 is 4.57 Å². The number of imidazole rings is 1. The number of thioether (sulfide) groups is 1. The van der Waals surface area contributed by atoms with Crippen LogP contribution in [0.5, 0.6) is 0 Å². The maximum atomic E-state index is 4.83. The van der Waals surface area contributed by atoms with E-state index < -0.39 is 0 Å². The predicted octanol–water partition coefficient (Wildman–Crippen LogP) is 2.83. The summed E-state index contributed by atoms with van der Waals surface area (Å²) in [4.78, 5) is 4.83. The Bertz CT molecular complexity index is 316. The lowest BCUT2D eigenvalue weighted by Crippen LogP contribution is -2.09. The number of hydrogen-bond acceptors (Lipinski definition) is 2. The van der Waals surface area contributed by atoms with Crippen molar-refractivity contribution in [3.8, 4) is 0 Å². The quantitative estimate of drug-likeness (QED) is 0.727. The lowest BCUT2D eigenvalue weighted by atomic mass is 10.00. The second kappa shape index (κ2) is 4.20. The number of rotatable bonds is 1. The third-order valence-corrected chi connectivity index (χ3v) is 4.62. The van der Waals surface area contributed by atoms with Crippen LogP contribution in [-0.2, 0) is 13.0 Å². The fourth-order valence-corrected chi connectivity index (χ4v) is 3.73.